The van der Waals surface area contributed by atoms with Crippen LogP contribution in [0, 0.1) is 0 Å². The van der Waals surface area contributed by atoms with E-state index in [1.165, 1.54) is 66.8 Å². The zero-order valence-electron chi connectivity index (χ0n) is 33.6. The van der Waals surface area contributed by atoms with Crippen molar-refractivity contribution in [3.63, 3.8) is 0 Å². The van der Waals surface area contributed by atoms with E-state index >= 15 is 0 Å². The number of benzene rings is 9. The van der Waals surface area contributed by atoms with Gasteiger partial charge in [-0.3, -0.25) is 0 Å². The SMILES string of the molecule is CC1(C)c2ccccc2-c2ccc(N(c3ccc(-c4ccccc4)cc3)c3ccc(-c4ccc5c(c4)-c4ccccc4C4(O5)c5ccccc5-c5ccccc54)cc3)cc21. The van der Waals surface area contributed by atoms with Crippen molar-refractivity contribution in [1.82, 2.24) is 0 Å². The average Bonchev–Trinajstić information content (AvgIpc) is 3.72. The quantitative estimate of drug-likeness (QED) is 0.173. The zero-order chi connectivity index (χ0) is 40.0. The molecule has 2 nitrogen and oxygen atoms in total. The first-order valence-electron chi connectivity index (χ1n) is 20.9. The smallest absolute Gasteiger partial charge is 0.186 e. The largest absolute Gasteiger partial charge is 0.472 e. The maximum absolute atomic E-state index is 7.30. The van der Waals surface area contributed by atoms with Crippen LogP contribution in [-0.2, 0) is 11.0 Å². The summed E-state index contributed by atoms with van der Waals surface area (Å²) in [6, 6.07) is 77.4. The van der Waals surface area contributed by atoms with Crippen LogP contribution in [-0.4, -0.2) is 0 Å². The molecule has 0 saturated carbocycles. The Balaban J connectivity index is 0.939. The topological polar surface area (TPSA) is 12.5 Å². The predicted octanol–water partition coefficient (Wildman–Crippen LogP) is 15.1. The van der Waals surface area contributed by atoms with E-state index in [1.54, 1.807) is 0 Å². The van der Waals surface area contributed by atoms with Gasteiger partial charge in [0.15, 0.2) is 5.60 Å². The summed E-state index contributed by atoms with van der Waals surface area (Å²) in [6.45, 7) is 4.70. The van der Waals surface area contributed by atoms with Gasteiger partial charge in [0.1, 0.15) is 5.75 Å². The molecule has 60 heavy (non-hydrogen) atoms. The van der Waals surface area contributed by atoms with Crippen LogP contribution in [0.5, 0.6) is 5.75 Å². The molecular formula is C58H41NO. The molecule has 9 aromatic rings. The van der Waals surface area contributed by atoms with Crippen LogP contribution in [0.1, 0.15) is 41.7 Å². The summed E-state index contributed by atoms with van der Waals surface area (Å²) in [7, 11) is 0. The third-order valence-electron chi connectivity index (χ3n) is 13.3. The Bertz CT molecular complexity index is 3090. The Morgan fingerprint density at radius 1 is 0.317 bits per heavy atom. The van der Waals surface area contributed by atoms with E-state index in [-0.39, 0.29) is 5.41 Å². The van der Waals surface area contributed by atoms with Crippen molar-refractivity contribution in [3.05, 3.63) is 240 Å². The highest BCUT2D eigenvalue weighted by Crippen LogP contribution is 2.59. The molecule has 1 spiro atoms. The molecule has 0 fully saturated rings. The summed E-state index contributed by atoms with van der Waals surface area (Å²) in [5, 5.41) is 0. The summed E-state index contributed by atoms with van der Waals surface area (Å²) in [4.78, 5) is 2.39. The van der Waals surface area contributed by atoms with Gasteiger partial charge in [0.25, 0.3) is 0 Å². The van der Waals surface area contributed by atoms with Gasteiger partial charge in [-0.2, -0.15) is 0 Å². The Hall–Kier alpha value is -7.42. The third kappa shape index (κ3) is 5.01. The van der Waals surface area contributed by atoms with E-state index in [2.05, 4.69) is 231 Å². The lowest BCUT2D eigenvalue weighted by atomic mass is 9.77. The molecule has 0 N–H and O–H groups in total. The molecule has 9 aromatic carbocycles. The molecule has 1 aliphatic heterocycles. The Morgan fingerprint density at radius 2 is 0.733 bits per heavy atom. The minimum Gasteiger partial charge on any atom is -0.472 e. The number of rotatable bonds is 5. The van der Waals surface area contributed by atoms with Crippen molar-refractivity contribution >= 4 is 17.1 Å². The lowest BCUT2D eigenvalue weighted by molar-refractivity contribution is 0.157. The molecule has 0 saturated heterocycles. The summed E-state index contributed by atoms with van der Waals surface area (Å²) in [5.74, 6) is 0.896. The van der Waals surface area contributed by atoms with E-state index in [0.717, 1.165) is 39.5 Å². The Labute approximate surface area is 351 Å². The molecule has 0 bridgehead atoms. The van der Waals surface area contributed by atoms with E-state index in [1.807, 2.05) is 0 Å². The highest BCUT2D eigenvalue weighted by atomic mass is 16.5. The maximum atomic E-state index is 7.30. The first kappa shape index (κ1) is 34.6. The van der Waals surface area contributed by atoms with Gasteiger partial charge in [-0.05, 0) is 110 Å². The van der Waals surface area contributed by atoms with Crippen molar-refractivity contribution < 1.29 is 4.74 Å². The lowest BCUT2D eigenvalue weighted by Crippen LogP contribution is -2.36. The number of ether oxygens (including phenoxy) is 1. The minimum atomic E-state index is -0.710. The average molecular weight is 768 g/mol. The molecule has 284 valence electrons. The van der Waals surface area contributed by atoms with Gasteiger partial charge in [-0.1, -0.05) is 178 Å². The van der Waals surface area contributed by atoms with Gasteiger partial charge in [0.05, 0.1) is 0 Å². The minimum absolute atomic E-state index is 0.104. The van der Waals surface area contributed by atoms with Crippen LogP contribution in [0.25, 0.3) is 55.6 Å². The second-order valence-corrected chi connectivity index (χ2v) is 16.8. The Kier molecular flexibility index (Phi) is 7.52. The molecule has 0 unspecified atom stereocenters. The monoisotopic (exact) mass is 767 g/mol. The molecule has 2 heteroatoms. The molecule has 0 radical (unpaired) electrons. The number of fused-ring (bicyclic) bond motifs is 12. The lowest BCUT2D eigenvalue weighted by Gasteiger charge is -2.39. The third-order valence-corrected chi connectivity index (χ3v) is 13.3. The molecule has 3 aliphatic rings. The van der Waals surface area contributed by atoms with Gasteiger partial charge in [0.2, 0.25) is 0 Å². The number of nitrogens with zero attached hydrogens (tertiary/aromatic N) is 1. The van der Waals surface area contributed by atoms with Crippen LogP contribution >= 0.6 is 0 Å². The number of anilines is 3. The van der Waals surface area contributed by atoms with Gasteiger partial charge < -0.3 is 9.64 Å². The molecule has 12 rings (SSSR count). The van der Waals surface area contributed by atoms with Crippen molar-refractivity contribution in [3.8, 4) is 61.4 Å². The zero-order valence-corrected chi connectivity index (χ0v) is 33.6. The van der Waals surface area contributed by atoms with Crippen molar-refractivity contribution in [2.45, 2.75) is 24.9 Å². The van der Waals surface area contributed by atoms with Gasteiger partial charge in [-0.25, -0.2) is 0 Å². The van der Waals surface area contributed by atoms with E-state index in [9.17, 15) is 0 Å². The van der Waals surface area contributed by atoms with Crippen LogP contribution in [0.15, 0.2) is 212 Å². The highest BCUT2D eigenvalue weighted by molar-refractivity contribution is 5.90. The second kappa shape index (κ2) is 13.0. The van der Waals surface area contributed by atoms with E-state index in [0.29, 0.717) is 0 Å². The number of hydrogen-bond donors (Lipinski definition) is 0. The summed E-state index contributed by atoms with van der Waals surface area (Å²) in [6.07, 6.45) is 0. The van der Waals surface area contributed by atoms with E-state index < -0.39 is 5.60 Å². The molecule has 1 heterocycles. The standard InChI is InChI=1S/C58H41NO/c1-57(2)51-20-10-6-16-45(51)49-34-33-44(37-55(49)57)59(42-29-24-39(25-30-42)38-14-4-3-5-15-38)43-31-26-40(27-32-43)41-28-35-56-50(36-41)48-19-9-13-23-54(48)58(60-56)52-21-11-7-17-46(52)47-18-8-12-22-53(47)58/h3-37H,1-2H3. The molecule has 0 aromatic heterocycles. The fourth-order valence-electron chi connectivity index (χ4n) is 10.4. The normalized spacial score (nSPS) is 14.2. The fraction of sp³-hybridized carbons (Fsp3) is 0.0690. The van der Waals surface area contributed by atoms with Crippen LogP contribution in [0.2, 0.25) is 0 Å². The highest BCUT2D eigenvalue weighted by Gasteiger charge is 2.50. The fourth-order valence-corrected chi connectivity index (χ4v) is 10.4. The first-order valence-corrected chi connectivity index (χ1v) is 20.9. The van der Waals surface area contributed by atoms with Crippen molar-refractivity contribution in [1.29, 1.82) is 0 Å². The maximum Gasteiger partial charge on any atom is 0.186 e. The summed E-state index contributed by atoms with van der Waals surface area (Å²) < 4.78 is 7.30. The van der Waals surface area contributed by atoms with Gasteiger partial charge in [0, 0.05) is 44.7 Å². The summed E-state index contributed by atoms with van der Waals surface area (Å²) >= 11 is 0. The Morgan fingerprint density at radius 3 is 1.32 bits per heavy atom. The second-order valence-electron chi connectivity index (χ2n) is 16.8. The summed E-state index contributed by atoms with van der Waals surface area (Å²) in [5.41, 5.74) is 21.0. The van der Waals surface area contributed by atoms with Gasteiger partial charge in [-0.15, -0.1) is 0 Å². The van der Waals surface area contributed by atoms with Crippen molar-refractivity contribution in [2.24, 2.45) is 0 Å². The van der Waals surface area contributed by atoms with Crippen molar-refractivity contribution in [2.75, 3.05) is 4.90 Å². The van der Waals surface area contributed by atoms with Crippen LogP contribution < -0.4 is 9.64 Å². The molecule has 2 aliphatic carbocycles. The predicted molar refractivity (Wildman–Crippen MR) is 247 cm³/mol. The number of hydrogen-bond acceptors (Lipinski definition) is 2. The van der Waals surface area contributed by atoms with Crippen LogP contribution in [0.4, 0.5) is 17.1 Å². The van der Waals surface area contributed by atoms with Gasteiger partial charge >= 0.3 is 0 Å². The van der Waals surface area contributed by atoms with E-state index in [4.69, 9.17) is 4.74 Å². The van der Waals surface area contributed by atoms with Crippen LogP contribution in [0.3, 0.4) is 0 Å². The first-order chi connectivity index (χ1) is 29.5. The molecular weight excluding hydrogens is 727 g/mol. The molecule has 0 atom stereocenters. The molecule has 0 amide bonds.